The van der Waals surface area contributed by atoms with Crippen molar-refractivity contribution in [3.63, 3.8) is 0 Å². The Morgan fingerprint density at radius 1 is 1.35 bits per heavy atom. The number of rotatable bonds is 6. The van der Waals surface area contributed by atoms with Gasteiger partial charge in [0.2, 0.25) is 0 Å². The highest BCUT2D eigenvalue weighted by Crippen LogP contribution is 2.25. The number of nitrogens with zero attached hydrogens (tertiary/aromatic N) is 1. The first kappa shape index (κ1) is 15.4. The van der Waals surface area contributed by atoms with E-state index in [4.69, 9.17) is 17.3 Å². The molecule has 1 atom stereocenters. The van der Waals surface area contributed by atoms with Crippen LogP contribution in [0.2, 0.25) is 5.02 Å². The maximum atomic E-state index is 6.32. The molecular weight excluding hydrogens is 288 g/mol. The fourth-order valence-corrected chi connectivity index (χ4v) is 3.32. The first-order chi connectivity index (χ1) is 9.61. The van der Waals surface area contributed by atoms with Gasteiger partial charge < -0.3 is 10.6 Å². The number of hydrogen-bond acceptors (Lipinski definition) is 3. The third-order valence-electron chi connectivity index (χ3n) is 3.60. The van der Waals surface area contributed by atoms with E-state index in [1.165, 1.54) is 4.88 Å². The Kier molecular flexibility index (Phi) is 5.46. The van der Waals surface area contributed by atoms with Crippen LogP contribution in [0.3, 0.4) is 0 Å². The number of halogens is 1. The summed E-state index contributed by atoms with van der Waals surface area (Å²) < 4.78 is 0. The van der Waals surface area contributed by atoms with Crippen molar-refractivity contribution in [1.29, 1.82) is 0 Å². The van der Waals surface area contributed by atoms with Gasteiger partial charge in [-0.15, -0.1) is 11.3 Å². The van der Waals surface area contributed by atoms with Crippen LogP contribution in [-0.2, 0) is 12.8 Å². The summed E-state index contributed by atoms with van der Waals surface area (Å²) in [6.07, 6.45) is 1.88. The van der Waals surface area contributed by atoms with E-state index in [9.17, 15) is 0 Å². The van der Waals surface area contributed by atoms with Crippen molar-refractivity contribution in [3.05, 3.63) is 51.2 Å². The maximum Gasteiger partial charge on any atom is 0.0459 e. The molecule has 0 aliphatic rings. The molecule has 0 saturated carbocycles. The smallest absolute Gasteiger partial charge is 0.0459 e. The highest BCUT2D eigenvalue weighted by molar-refractivity contribution is 7.09. The van der Waals surface area contributed by atoms with Crippen LogP contribution in [0.5, 0.6) is 0 Å². The Morgan fingerprint density at radius 2 is 2.15 bits per heavy atom. The summed E-state index contributed by atoms with van der Waals surface area (Å²) in [4.78, 5) is 3.69. The number of nitrogens with two attached hydrogens (primary N) is 1. The van der Waals surface area contributed by atoms with Crippen LogP contribution in [0.1, 0.15) is 17.4 Å². The van der Waals surface area contributed by atoms with Gasteiger partial charge in [-0.1, -0.05) is 23.7 Å². The summed E-state index contributed by atoms with van der Waals surface area (Å²) in [7, 11) is 2.12. The number of benzene rings is 1. The van der Waals surface area contributed by atoms with Gasteiger partial charge in [0.25, 0.3) is 0 Å². The van der Waals surface area contributed by atoms with E-state index in [1.54, 1.807) is 0 Å². The first-order valence-corrected chi connectivity index (χ1v) is 8.11. The molecule has 0 spiro atoms. The van der Waals surface area contributed by atoms with Crippen LogP contribution in [0.25, 0.3) is 0 Å². The zero-order valence-electron chi connectivity index (χ0n) is 12.0. The first-order valence-electron chi connectivity index (χ1n) is 6.85. The van der Waals surface area contributed by atoms with E-state index in [2.05, 4.69) is 48.5 Å². The van der Waals surface area contributed by atoms with Crippen molar-refractivity contribution < 1.29 is 0 Å². The normalized spacial score (nSPS) is 12.4. The highest BCUT2D eigenvalue weighted by Gasteiger charge is 2.12. The molecule has 0 aliphatic heterocycles. The second-order valence-electron chi connectivity index (χ2n) is 5.06. The number of hydrogen-bond donors (Lipinski definition) is 1. The second-order valence-corrected chi connectivity index (χ2v) is 6.50. The predicted molar refractivity (Wildman–Crippen MR) is 90.1 cm³/mol. The standard InChI is InChI=1S/C16H21ClN2S/c1-12(10-15-4-3-9-20-15)19(2)14-6-5-13(7-8-18)16(17)11-14/h3-6,9,11-12H,7-8,10,18H2,1-2H3. The molecule has 2 rings (SSSR count). The molecule has 1 unspecified atom stereocenters. The maximum absolute atomic E-state index is 6.32. The third-order valence-corrected chi connectivity index (χ3v) is 4.85. The van der Waals surface area contributed by atoms with E-state index < -0.39 is 0 Å². The molecule has 0 fully saturated rings. The van der Waals surface area contributed by atoms with Gasteiger partial charge in [-0.3, -0.25) is 0 Å². The van der Waals surface area contributed by atoms with Gasteiger partial charge in [-0.2, -0.15) is 0 Å². The second kappa shape index (κ2) is 7.11. The van der Waals surface area contributed by atoms with Crippen molar-refractivity contribution in [1.82, 2.24) is 0 Å². The fraction of sp³-hybridized carbons (Fsp3) is 0.375. The van der Waals surface area contributed by atoms with Crippen molar-refractivity contribution >= 4 is 28.6 Å². The lowest BCUT2D eigenvalue weighted by Crippen LogP contribution is -2.30. The SMILES string of the molecule is CC(Cc1cccs1)N(C)c1ccc(CCN)c(Cl)c1. The molecule has 1 aromatic heterocycles. The molecule has 0 radical (unpaired) electrons. The number of anilines is 1. The van der Waals surface area contributed by atoms with E-state index >= 15 is 0 Å². The van der Waals surface area contributed by atoms with Gasteiger partial charge in [0.1, 0.15) is 0 Å². The van der Waals surface area contributed by atoms with E-state index in [0.29, 0.717) is 12.6 Å². The minimum atomic E-state index is 0.435. The molecule has 20 heavy (non-hydrogen) atoms. The molecule has 0 amide bonds. The van der Waals surface area contributed by atoms with Crippen molar-refractivity contribution in [2.24, 2.45) is 5.73 Å². The molecule has 1 aromatic carbocycles. The van der Waals surface area contributed by atoms with Crippen molar-refractivity contribution in [2.75, 3.05) is 18.5 Å². The molecule has 2 N–H and O–H groups in total. The summed E-state index contributed by atoms with van der Waals surface area (Å²) in [5.74, 6) is 0. The zero-order chi connectivity index (χ0) is 14.5. The van der Waals surface area contributed by atoms with Gasteiger partial charge in [-0.25, -0.2) is 0 Å². The Bertz CT molecular complexity index is 539. The average Bonchev–Trinajstić information content (AvgIpc) is 2.93. The molecule has 2 aromatic rings. The van der Waals surface area contributed by atoms with Gasteiger partial charge in [0.15, 0.2) is 0 Å². The largest absolute Gasteiger partial charge is 0.371 e. The van der Waals surface area contributed by atoms with Crippen LogP contribution < -0.4 is 10.6 Å². The van der Waals surface area contributed by atoms with Gasteiger partial charge in [0.05, 0.1) is 0 Å². The van der Waals surface area contributed by atoms with Crippen LogP contribution in [0.15, 0.2) is 35.7 Å². The zero-order valence-corrected chi connectivity index (χ0v) is 13.5. The predicted octanol–water partition coefficient (Wildman–Crippen LogP) is 3.97. The van der Waals surface area contributed by atoms with Crippen LogP contribution >= 0.6 is 22.9 Å². The van der Waals surface area contributed by atoms with E-state index in [0.717, 1.165) is 29.1 Å². The molecule has 1 heterocycles. The molecule has 2 nitrogen and oxygen atoms in total. The fourth-order valence-electron chi connectivity index (χ4n) is 2.23. The Balaban J connectivity index is 2.08. The molecule has 4 heteroatoms. The summed E-state index contributed by atoms with van der Waals surface area (Å²) in [5.41, 5.74) is 7.86. The monoisotopic (exact) mass is 308 g/mol. The number of likely N-dealkylation sites (N-methyl/N-ethyl adjacent to an activating group) is 1. The van der Waals surface area contributed by atoms with Gasteiger partial charge in [0, 0.05) is 35.1 Å². The Morgan fingerprint density at radius 3 is 2.75 bits per heavy atom. The van der Waals surface area contributed by atoms with Crippen molar-refractivity contribution in [3.8, 4) is 0 Å². The van der Waals surface area contributed by atoms with E-state index in [-0.39, 0.29) is 0 Å². The Hall–Kier alpha value is -1.03. The topological polar surface area (TPSA) is 29.3 Å². The molecule has 0 saturated heterocycles. The van der Waals surface area contributed by atoms with Gasteiger partial charge >= 0.3 is 0 Å². The molecule has 0 aliphatic carbocycles. The minimum Gasteiger partial charge on any atom is -0.371 e. The van der Waals surface area contributed by atoms with Crippen LogP contribution in [-0.4, -0.2) is 19.6 Å². The quantitative estimate of drug-likeness (QED) is 0.875. The molecule has 0 bridgehead atoms. The lowest BCUT2D eigenvalue weighted by Gasteiger charge is -2.27. The molecular formula is C16H21ClN2S. The summed E-state index contributed by atoms with van der Waals surface area (Å²) in [5, 5.41) is 2.93. The average molecular weight is 309 g/mol. The number of thiophene rings is 1. The van der Waals surface area contributed by atoms with Crippen molar-refractivity contribution in [2.45, 2.75) is 25.8 Å². The third kappa shape index (κ3) is 3.75. The highest BCUT2D eigenvalue weighted by atomic mass is 35.5. The van der Waals surface area contributed by atoms with Crippen LogP contribution in [0, 0.1) is 0 Å². The molecule has 108 valence electrons. The minimum absolute atomic E-state index is 0.435. The Labute approximate surface area is 130 Å². The summed E-state index contributed by atoms with van der Waals surface area (Å²) in [6, 6.07) is 11.0. The summed E-state index contributed by atoms with van der Waals surface area (Å²) >= 11 is 8.13. The van der Waals surface area contributed by atoms with E-state index in [1.807, 2.05) is 17.4 Å². The lowest BCUT2D eigenvalue weighted by atomic mass is 10.1. The summed E-state index contributed by atoms with van der Waals surface area (Å²) in [6.45, 7) is 2.87. The van der Waals surface area contributed by atoms with Crippen LogP contribution in [0.4, 0.5) is 5.69 Å². The van der Waals surface area contributed by atoms with Gasteiger partial charge in [-0.05, 0) is 49.0 Å². The lowest BCUT2D eigenvalue weighted by molar-refractivity contribution is 0.688.